The van der Waals surface area contributed by atoms with Crippen LogP contribution in [-0.4, -0.2) is 23.6 Å². The molecule has 4 aromatic rings. The second kappa shape index (κ2) is 7.47. The first-order valence-electron chi connectivity index (χ1n) is 10.4. The van der Waals surface area contributed by atoms with Crippen molar-refractivity contribution in [1.82, 2.24) is 10.3 Å². The van der Waals surface area contributed by atoms with Crippen molar-refractivity contribution in [3.63, 3.8) is 0 Å². The molecule has 0 fully saturated rings. The van der Waals surface area contributed by atoms with E-state index in [4.69, 9.17) is 4.74 Å². The van der Waals surface area contributed by atoms with Crippen molar-refractivity contribution < 1.29 is 9.53 Å². The maximum Gasteiger partial charge on any atom is 0.323 e. The van der Waals surface area contributed by atoms with Gasteiger partial charge in [0.05, 0.1) is 6.61 Å². The number of para-hydroxylation sites is 1. The minimum Gasteiger partial charge on any atom is -0.465 e. The smallest absolute Gasteiger partial charge is 0.323 e. The second-order valence-electron chi connectivity index (χ2n) is 7.66. The standard InChI is InChI=1S/C26H24N2O2/c1-2-30-25(29)23-17-21-20-15-9-10-16-22(20)27-24(21)26(28-23,18-11-5-3-6-12-18)19-13-7-4-8-14-19/h3-16,23,27-28H,2,17H2,1H3. The normalized spacial score (nSPS) is 17.4. The number of carbonyl (C=O) groups excluding carboxylic acids is 1. The molecule has 1 atom stereocenters. The molecular weight excluding hydrogens is 372 g/mol. The third kappa shape index (κ3) is 2.84. The van der Waals surface area contributed by atoms with Gasteiger partial charge in [-0.05, 0) is 29.7 Å². The molecule has 0 aliphatic carbocycles. The van der Waals surface area contributed by atoms with Gasteiger partial charge in [0.1, 0.15) is 11.6 Å². The Hall–Kier alpha value is -3.37. The van der Waals surface area contributed by atoms with E-state index < -0.39 is 11.6 Å². The first-order valence-corrected chi connectivity index (χ1v) is 10.4. The quantitative estimate of drug-likeness (QED) is 0.498. The van der Waals surface area contributed by atoms with Crippen LogP contribution in [-0.2, 0) is 21.5 Å². The number of aromatic nitrogens is 1. The number of rotatable bonds is 4. The van der Waals surface area contributed by atoms with Crippen molar-refractivity contribution in [3.8, 4) is 0 Å². The topological polar surface area (TPSA) is 54.1 Å². The molecule has 0 saturated carbocycles. The Kier molecular flexibility index (Phi) is 4.64. The third-order valence-electron chi connectivity index (χ3n) is 5.97. The van der Waals surface area contributed by atoms with E-state index in [1.165, 1.54) is 0 Å². The predicted molar refractivity (Wildman–Crippen MR) is 118 cm³/mol. The molecule has 0 saturated heterocycles. The Morgan fingerprint density at radius 1 is 0.933 bits per heavy atom. The van der Waals surface area contributed by atoms with E-state index in [1.54, 1.807) is 0 Å². The maximum atomic E-state index is 12.9. The van der Waals surface area contributed by atoms with Crippen LogP contribution in [0.2, 0.25) is 0 Å². The number of carbonyl (C=O) groups is 1. The van der Waals surface area contributed by atoms with Gasteiger partial charge in [0, 0.05) is 23.0 Å². The highest BCUT2D eigenvalue weighted by Crippen LogP contribution is 2.44. The summed E-state index contributed by atoms with van der Waals surface area (Å²) < 4.78 is 5.44. The highest BCUT2D eigenvalue weighted by atomic mass is 16.5. The molecular formula is C26H24N2O2. The van der Waals surface area contributed by atoms with Crippen LogP contribution in [0, 0.1) is 0 Å². The summed E-state index contributed by atoms with van der Waals surface area (Å²) in [5.74, 6) is -0.218. The zero-order valence-corrected chi connectivity index (χ0v) is 16.9. The summed E-state index contributed by atoms with van der Waals surface area (Å²) in [5, 5.41) is 4.85. The largest absolute Gasteiger partial charge is 0.465 e. The molecule has 150 valence electrons. The summed E-state index contributed by atoms with van der Waals surface area (Å²) in [6.07, 6.45) is 0.583. The van der Waals surface area contributed by atoms with Gasteiger partial charge in [-0.25, -0.2) is 0 Å². The molecule has 1 aromatic heterocycles. The number of hydrogen-bond acceptors (Lipinski definition) is 3. The molecule has 5 rings (SSSR count). The first kappa shape index (κ1) is 18.6. The van der Waals surface area contributed by atoms with Crippen molar-refractivity contribution in [2.75, 3.05) is 6.61 Å². The summed E-state index contributed by atoms with van der Waals surface area (Å²) >= 11 is 0. The average molecular weight is 396 g/mol. The summed E-state index contributed by atoms with van der Waals surface area (Å²) in [4.78, 5) is 16.6. The molecule has 4 heteroatoms. The monoisotopic (exact) mass is 396 g/mol. The fourth-order valence-electron chi connectivity index (χ4n) is 4.70. The van der Waals surface area contributed by atoms with Gasteiger partial charge in [-0.15, -0.1) is 0 Å². The highest BCUT2D eigenvalue weighted by molar-refractivity contribution is 5.88. The van der Waals surface area contributed by atoms with Crippen molar-refractivity contribution >= 4 is 16.9 Å². The molecule has 0 spiro atoms. The van der Waals surface area contributed by atoms with Gasteiger partial charge in [-0.1, -0.05) is 78.9 Å². The molecule has 30 heavy (non-hydrogen) atoms. The summed E-state index contributed by atoms with van der Waals surface area (Å²) in [7, 11) is 0. The van der Waals surface area contributed by atoms with Crippen molar-refractivity contribution in [2.24, 2.45) is 0 Å². The predicted octanol–water partition coefficient (Wildman–Crippen LogP) is 4.54. The zero-order valence-electron chi connectivity index (χ0n) is 16.9. The molecule has 4 nitrogen and oxygen atoms in total. The molecule has 2 heterocycles. The van der Waals surface area contributed by atoms with Crippen LogP contribution in [0.3, 0.4) is 0 Å². The lowest BCUT2D eigenvalue weighted by molar-refractivity contribution is -0.146. The lowest BCUT2D eigenvalue weighted by Gasteiger charge is -2.42. The van der Waals surface area contributed by atoms with Gasteiger partial charge in [-0.2, -0.15) is 0 Å². The Labute approximate surface area is 175 Å². The molecule has 2 N–H and O–H groups in total. The summed E-state index contributed by atoms with van der Waals surface area (Å²) in [6, 6.07) is 28.5. The zero-order chi connectivity index (χ0) is 20.6. The molecule has 1 aliphatic heterocycles. The second-order valence-corrected chi connectivity index (χ2v) is 7.66. The van der Waals surface area contributed by atoms with E-state index in [1.807, 2.05) is 55.5 Å². The fourth-order valence-corrected chi connectivity index (χ4v) is 4.70. The van der Waals surface area contributed by atoms with Crippen molar-refractivity contribution in [3.05, 3.63) is 107 Å². The number of aromatic amines is 1. The lowest BCUT2D eigenvalue weighted by Crippen LogP contribution is -2.57. The maximum absolute atomic E-state index is 12.9. The van der Waals surface area contributed by atoms with Crippen LogP contribution in [0.4, 0.5) is 0 Å². The average Bonchev–Trinajstić information content (AvgIpc) is 3.19. The van der Waals surface area contributed by atoms with E-state index in [2.05, 4.69) is 46.7 Å². The third-order valence-corrected chi connectivity index (χ3v) is 5.97. The van der Waals surface area contributed by atoms with Gasteiger partial charge < -0.3 is 9.72 Å². The number of ether oxygens (including phenoxy) is 1. The number of esters is 1. The minimum atomic E-state index is -0.688. The van der Waals surface area contributed by atoms with Gasteiger partial charge in [0.15, 0.2) is 0 Å². The molecule has 1 unspecified atom stereocenters. The SMILES string of the molecule is CCOC(=O)C1Cc2c([nH]c3ccccc23)C(c2ccccc2)(c2ccccc2)N1. The highest BCUT2D eigenvalue weighted by Gasteiger charge is 2.47. The Morgan fingerprint density at radius 2 is 1.53 bits per heavy atom. The molecule has 0 bridgehead atoms. The van der Waals surface area contributed by atoms with Gasteiger partial charge in [-0.3, -0.25) is 10.1 Å². The van der Waals surface area contributed by atoms with Crippen LogP contribution in [0.15, 0.2) is 84.9 Å². The molecule has 0 radical (unpaired) electrons. The van der Waals surface area contributed by atoms with Crippen molar-refractivity contribution in [1.29, 1.82) is 0 Å². The summed E-state index contributed by atoms with van der Waals surface area (Å²) in [5.41, 5.74) is 4.80. The molecule has 3 aromatic carbocycles. The fraction of sp³-hybridized carbons (Fsp3) is 0.192. The Balaban J connectivity index is 1.83. The molecule has 1 aliphatic rings. The number of hydrogen-bond donors (Lipinski definition) is 2. The molecule has 0 amide bonds. The van der Waals surface area contributed by atoms with Crippen molar-refractivity contribution in [2.45, 2.75) is 24.9 Å². The number of H-pyrrole nitrogens is 1. The van der Waals surface area contributed by atoms with E-state index in [9.17, 15) is 4.79 Å². The van der Waals surface area contributed by atoms with E-state index >= 15 is 0 Å². The van der Waals surface area contributed by atoms with E-state index in [0.29, 0.717) is 13.0 Å². The van der Waals surface area contributed by atoms with E-state index in [0.717, 1.165) is 33.3 Å². The summed E-state index contributed by atoms with van der Waals surface area (Å²) in [6.45, 7) is 2.21. The number of benzene rings is 3. The lowest BCUT2D eigenvalue weighted by atomic mass is 9.74. The number of fused-ring (bicyclic) bond motifs is 3. The van der Waals surface area contributed by atoms with Crippen LogP contribution in [0.1, 0.15) is 29.3 Å². The minimum absolute atomic E-state index is 0.218. The van der Waals surface area contributed by atoms with Gasteiger partial charge in [0.2, 0.25) is 0 Å². The van der Waals surface area contributed by atoms with Gasteiger partial charge >= 0.3 is 5.97 Å². The van der Waals surface area contributed by atoms with Crippen LogP contribution >= 0.6 is 0 Å². The number of nitrogens with one attached hydrogen (secondary N) is 2. The van der Waals surface area contributed by atoms with Crippen LogP contribution in [0.25, 0.3) is 10.9 Å². The van der Waals surface area contributed by atoms with E-state index in [-0.39, 0.29) is 5.97 Å². The van der Waals surface area contributed by atoms with Crippen LogP contribution in [0.5, 0.6) is 0 Å². The van der Waals surface area contributed by atoms with Gasteiger partial charge in [0.25, 0.3) is 0 Å². The Morgan fingerprint density at radius 3 is 2.17 bits per heavy atom. The Bertz CT molecular complexity index is 1140. The first-order chi connectivity index (χ1) is 14.7. The van der Waals surface area contributed by atoms with Crippen LogP contribution < -0.4 is 5.32 Å².